The number of benzene rings is 1. The van der Waals surface area contributed by atoms with Crippen molar-refractivity contribution in [2.24, 2.45) is 5.92 Å². The average molecular weight is 463 g/mol. The summed E-state index contributed by atoms with van der Waals surface area (Å²) in [7, 11) is 3.40. The third kappa shape index (κ3) is 4.73. The molecule has 156 valence electrons. The standard InChI is InChI=1S/C22H27BrN2O4/c1-22(2,3)29-21(27)25-13-15(19-17(23)7-6-8-18(19)25)11-16-10-9-14(12-24(16)4)20(26)28-5/h6-10,13-14,16H,11-12H2,1-5H3/t14-,16+/m1/s1. The van der Waals surface area contributed by atoms with Gasteiger partial charge in [-0.25, -0.2) is 4.79 Å². The molecule has 2 atom stereocenters. The largest absolute Gasteiger partial charge is 0.469 e. The molecule has 1 aromatic carbocycles. The first-order valence-electron chi connectivity index (χ1n) is 9.59. The number of rotatable bonds is 3. The Labute approximate surface area is 179 Å². The lowest BCUT2D eigenvalue weighted by Gasteiger charge is -2.31. The minimum absolute atomic E-state index is 0.112. The van der Waals surface area contributed by atoms with E-state index >= 15 is 0 Å². The summed E-state index contributed by atoms with van der Waals surface area (Å²) in [4.78, 5) is 26.7. The van der Waals surface area contributed by atoms with Crippen LogP contribution < -0.4 is 0 Å². The Bertz CT molecular complexity index is 958. The minimum Gasteiger partial charge on any atom is -0.469 e. The highest BCUT2D eigenvalue weighted by Crippen LogP contribution is 2.32. The lowest BCUT2D eigenvalue weighted by atomic mass is 9.96. The molecule has 0 spiro atoms. The lowest BCUT2D eigenvalue weighted by molar-refractivity contribution is -0.144. The van der Waals surface area contributed by atoms with E-state index in [1.54, 1.807) is 4.57 Å². The van der Waals surface area contributed by atoms with Crippen LogP contribution in [0.2, 0.25) is 0 Å². The van der Waals surface area contributed by atoms with E-state index in [0.29, 0.717) is 13.0 Å². The van der Waals surface area contributed by atoms with E-state index in [-0.39, 0.29) is 17.9 Å². The van der Waals surface area contributed by atoms with Gasteiger partial charge < -0.3 is 9.47 Å². The molecule has 6 nitrogen and oxygen atoms in total. The number of aromatic nitrogens is 1. The van der Waals surface area contributed by atoms with Gasteiger partial charge in [-0.2, -0.15) is 0 Å². The maximum absolute atomic E-state index is 12.8. The van der Waals surface area contributed by atoms with Crippen molar-refractivity contribution < 1.29 is 19.1 Å². The van der Waals surface area contributed by atoms with Crippen molar-refractivity contribution >= 4 is 38.9 Å². The molecule has 0 fully saturated rings. The van der Waals surface area contributed by atoms with Crippen molar-refractivity contribution in [1.29, 1.82) is 0 Å². The normalized spacial score (nSPS) is 20.1. The van der Waals surface area contributed by atoms with Gasteiger partial charge in [0.1, 0.15) is 5.60 Å². The van der Waals surface area contributed by atoms with Gasteiger partial charge in [0.15, 0.2) is 0 Å². The summed E-state index contributed by atoms with van der Waals surface area (Å²) in [5.41, 5.74) is 1.27. The second-order valence-corrected chi connectivity index (χ2v) is 9.22. The summed E-state index contributed by atoms with van der Waals surface area (Å²) < 4.78 is 12.9. The molecule has 0 N–H and O–H groups in total. The Hall–Kier alpha value is -2.12. The number of hydrogen-bond donors (Lipinski definition) is 0. The number of ether oxygens (including phenoxy) is 2. The first kappa shape index (κ1) is 21.6. The molecule has 2 aromatic rings. The van der Waals surface area contributed by atoms with E-state index in [0.717, 1.165) is 20.9 Å². The van der Waals surface area contributed by atoms with Crippen molar-refractivity contribution in [2.45, 2.75) is 38.8 Å². The van der Waals surface area contributed by atoms with Crippen LogP contribution in [-0.4, -0.2) is 53.9 Å². The van der Waals surface area contributed by atoms with Gasteiger partial charge in [-0.15, -0.1) is 0 Å². The summed E-state index contributed by atoms with van der Waals surface area (Å²) >= 11 is 3.63. The summed E-state index contributed by atoms with van der Waals surface area (Å²) in [6, 6.07) is 5.91. The molecule has 1 aromatic heterocycles. The van der Waals surface area contributed by atoms with Gasteiger partial charge >= 0.3 is 12.1 Å². The Morgan fingerprint density at radius 1 is 1.24 bits per heavy atom. The van der Waals surface area contributed by atoms with Crippen LogP contribution in [0.4, 0.5) is 4.79 Å². The summed E-state index contributed by atoms with van der Waals surface area (Å²) in [6.07, 6.45) is 6.12. The van der Waals surface area contributed by atoms with Crippen LogP contribution in [0.15, 0.2) is 41.0 Å². The van der Waals surface area contributed by atoms with E-state index in [1.807, 2.05) is 64.4 Å². The first-order chi connectivity index (χ1) is 13.6. The van der Waals surface area contributed by atoms with Crippen molar-refractivity contribution in [3.63, 3.8) is 0 Å². The van der Waals surface area contributed by atoms with Crippen LogP contribution in [0.1, 0.15) is 26.3 Å². The number of hydrogen-bond acceptors (Lipinski definition) is 5. The van der Waals surface area contributed by atoms with Crippen LogP contribution in [0.3, 0.4) is 0 Å². The highest BCUT2D eigenvalue weighted by atomic mass is 79.9. The number of methoxy groups -OCH3 is 1. The second-order valence-electron chi connectivity index (χ2n) is 8.36. The molecule has 3 rings (SSSR count). The van der Waals surface area contributed by atoms with Gasteiger partial charge in [0.25, 0.3) is 0 Å². The number of carbonyl (C=O) groups excluding carboxylic acids is 2. The quantitative estimate of drug-likeness (QED) is 0.499. The Balaban J connectivity index is 1.94. The summed E-state index contributed by atoms with van der Waals surface area (Å²) in [6.45, 7) is 6.16. The van der Waals surface area contributed by atoms with Gasteiger partial charge in [-0.05, 0) is 51.9 Å². The molecule has 0 saturated carbocycles. The number of fused-ring (bicyclic) bond motifs is 1. The zero-order valence-electron chi connectivity index (χ0n) is 17.4. The highest BCUT2D eigenvalue weighted by molar-refractivity contribution is 9.10. The van der Waals surface area contributed by atoms with E-state index in [4.69, 9.17) is 9.47 Å². The molecule has 0 unspecified atom stereocenters. The Kier molecular flexibility index (Phi) is 6.19. The molecule has 0 radical (unpaired) electrons. The van der Waals surface area contributed by atoms with Gasteiger partial charge in [0.05, 0.1) is 18.5 Å². The zero-order valence-corrected chi connectivity index (χ0v) is 19.0. The fourth-order valence-corrected chi connectivity index (χ4v) is 4.22. The maximum atomic E-state index is 12.8. The molecule has 7 heteroatoms. The maximum Gasteiger partial charge on any atom is 0.419 e. The molecule has 29 heavy (non-hydrogen) atoms. The van der Waals surface area contributed by atoms with Crippen molar-refractivity contribution in [3.8, 4) is 0 Å². The zero-order chi connectivity index (χ0) is 21.3. The topological polar surface area (TPSA) is 60.8 Å². The van der Waals surface area contributed by atoms with E-state index in [1.165, 1.54) is 7.11 Å². The fraction of sp³-hybridized carbons (Fsp3) is 0.455. The number of nitrogens with zero attached hydrogens (tertiary/aromatic N) is 2. The average Bonchev–Trinajstić information content (AvgIpc) is 3.01. The molecular weight excluding hydrogens is 436 g/mol. The predicted octanol–water partition coefficient (Wildman–Crippen LogP) is 4.39. The van der Waals surface area contributed by atoms with E-state index in [2.05, 4.69) is 20.8 Å². The number of carbonyl (C=O) groups is 2. The lowest BCUT2D eigenvalue weighted by Crippen LogP contribution is -2.41. The highest BCUT2D eigenvalue weighted by Gasteiger charge is 2.28. The molecule has 2 heterocycles. The number of halogens is 1. The van der Waals surface area contributed by atoms with Gasteiger partial charge in [0, 0.05) is 28.6 Å². The smallest absolute Gasteiger partial charge is 0.419 e. The van der Waals surface area contributed by atoms with Crippen LogP contribution in [0.25, 0.3) is 10.9 Å². The number of likely N-dealkylation sites (N-methyl/N-ethyl adjacent to an activating group) is 1. The van der Waals surface area contributed by atoms with Gasteiger partial charge in [-0.3, -0.25) is 14.3 Å². The number of esters is 1. The third-order valence-corrected chi connectivity index (χ3v) is 5.66. The molecule has 0 amide bonds. The molecular formula is C22H27BrN2O4. The first-order valence-corrected chi connectivity index (χ1v) is 10.4. The van der Waals surface area contributed by atoms with E-state index in [9.17, 15) is 9.59 Å². The minimum atomic E-state index is -0.574. The van der Waals surface area contributed by atoms with Crippen molar-refractivity contribution in [1.82, 2.24) is 9.47 Å². The van der Waals surface area contributed by atoms with Crippen LogP contribution in [0.5, 0.6) is 0 Å². The van der Waals surface area contributed by atoms with Crippen LogP contribution >= 0.6 is 15.9 Å². The van der Waals surface area contributed by atoms with Crippen LogP contribution in [-0.2, 0) is 20.7 Å². The van der Waals surface area contributed by atoms with Gasteiger partial charge in [-0.1, -0.05) is 34.1 Å². The predicted molar refractivity (Wildman–Crippen MR) is 116 cm³/mol. The van der Waals surface area contributed by atoms with Crippen molar-refractivity contribution in [3.05, 3.63) is 46.6 Å². The molecule has 0 aliphatic carbocycles. The van der Waals surface area contributed by atoms with Crippen LogP contribution in [0, 0.1) is 5.92 Å². The molecule has 0 bridgehead atoms. The monoisotopic (exact) mass is 462 g/mol. The van der Waals surface area contributed by atoms with Crippen molar-refractivity contribution in [2.75, 3.05) is 20.7 Å². The SMILES string of the molecule is COC(=O)[C@@H]1C=C[C@@H](Cc2cn(C(=O)OC(C)(C)C)c3cccc(Br)c23)N(C)C1. The Morgan fingerprint density at radius 3 is 2.59 bits per heavy atom. The second kappa shape index (κ2) is 8.32. The fourth-order valence-electron chi connectivity index (χ4n) is 3.61. The van der Waals surface area contributed by atoms with Gasteiger partial charge in [0.2, 0.25) is 0 Å². The third-order valence-electron chi connectivity index (χ3n) is 5.00. The Morgan fingerprint density at radius 2 is 1.97 bits per heavy atom. The molecule has 1 aliphatic heterocycles. The summed E-state index contributed by atoms with van der Waals surface area (Å²) in [5.74, 6) is -0.480. The summed E-state index contributed by atoms with van der Waals surface area (Å²) in [5, 5.41) is 0.996. The van der Waals surface area contributed by atoms with E-state index < -0.39 is 11.7 Å². The molecule has 0 saturated heterocycles. The molecule has 1 aliphatic rings.